The summed E-state index contributed by atoms with van der Waals surface area (Å²) >= 11 is 0. The Labute approximate surface area is 130 Å². The molecule has 1 fully saturated rings. The number of anilines is 1. The molecule has 0 amide bonds. The summed E-state index contributed by atoms with van der Waals surface area (Å²) in [5.74, 6) is -2.61. The molecular weight excluding hydrogens is 282 g/mol. The van der Waals surface area contributed by atoms with Gasteiger partial charge in [-0.25, -0.2) is 9.59 Å². The molecule has 5 nitrogen and oxygen atoms in total. The van der Waals surface area contributed by atoms with Gasteiger partial charge in [-0.1, -0.05) is 39.0 Å². The van der Waals surface area contributed by atoms with E-state index in [9.17, 15) is 9.59 Å². The van der Waals surface area contributed by atoms with E-state index in [1.54, 1.807) is 0 Å². The fourth-order valence-corrected chi connectivity index (χ4v) is 2.19. The molecule has 1 saturated heterocycles. The number of esters is 2. The molecule has 1 aliphatic heterocycles. The Bertz CT molecular complexity index is 616. The molecule has 2 rings (SSSR count). The largest absolute Gasteiger partial charge is 0.419 e. The summed E-state index contributed by atoms with van der Waals surface area (Å²) in [5.41, 5.74) is 1.68. The molecule has 0 spiro atoms. The maximum atomic E-state index is 11.9. The van der Waals surface area contributed by atoms with Gasteiger partial charge < -0.3 is 14.8 Å². The quantitative estimate of drug-likeness (QED) is 0.516. The van der Waals surface area contributed by atoms with Crippen LogP contribution < -0.4 is 5.32 Å². The number of para-hydroxylation sites is 1. The van der Waals surface area contributed by atoms with Crippen LogP contribution in [0.2, 0.25) is 0 Å². The van der Waals surface area contributed by atoms with E-state index < -0.39 is 17.7 Å². The zero-order chi connectivity index (χ0) is 16.5. The molecule has 0 radical (unpaired) electrons. The van der Waals surface area contributed by atoms with Crippen molar-refractivity contribution in [1.82, 2.24) is 0 Å². The predicted molar refractivity (Wildman–Crippen MR) is 83.1 cm³/mol. The van der Waals surface area contributed by atoms with Gasteiger partial charge in [0.2, 0.25) is 0 Å². The lowest BCUT2D eigenvalue weighted by molar-refractivity contribution is -0.222. The zero-order valence-corrected chi connectivity index (χ0v) is 13.5. The number of carbonyl (C=O) groups excluding carboxylic acids is 2. The molecule has 0 atom stereocenters. The number of hydrogen-bond donors (Lipinski definition) is 1. The second kappa shape index (κ2) is 5.48. The second-order valence-corrected chi connectivity index (χ2v) is 6.68. The van der Waals surface area contributed by atoms with E-state index in [1.807, 2.05) is 24.3 Å². The highest BCUT2D eigenvalue weighted by Crippen LogP contribution is 2.30. The van der Waals surface area contributed by atoms with Crippen LogP contribution in [0.4, 0.5) is 5.69 Å². The molecule has 1 aromatic rings. The van der Waals surface area contributed by atoms with Gasteiger partial charge in [0, 0.05) is 25.7 Å². The van der Waals surface area contributed by atoms with Gasteiger partial charge in [0.15, 0.2) is 5.57 Å². The lowest BCUT2D eigenvalue weighted by Crippen LogP contribution is -2.42. The third-order valence-electron chi connectivity index (χ3n) is 3.22. The number of hydrogen-bond acceptors (Lipinski definition) is 5. The van der Waals surface area contributed by atoms with Crippen molar-refractivity contribution in [3.05, 3.63) is 41.6 Å². The van der Waals surface area contributed by atoms with Gasteiger partial charge >= 0.3 is 11.9 Å². The van der Waals surface area contributed by atoms with E-state index in [0.29, 0.717) is 0 Å². The van der Waals surface area contributed by atoms with Crippen LogP contribution in [-0.2, 0) is 24.5 Å². The molecule has 1 aromatic carbocycles. The number of benzene rings is 1. The van der Waals surface area contributed by atoms with E-state index in [-0.39, 0.29) is 11.0 Å². The van der Waals surface area contributed by atoms with Gasteiger partial charge in [-0.2, -0.15) is 0 Å². The molecule has 118 valence electrons. The number of ether oxygens (including phenoxy) is 2. The van der Waals surface area contributed by atoms with Crippen LogP contribution in [-0.4, -0.2) is 17.7 Å². The molecule has 22 heavy (non-hydrogen) atoms. The van der Waals surface area contributed by atoms with Crippen LogP contribution in [0.3, 0.4) is 0 Å². The highest BCUT2D eigenvalue weighted by molar-refractivity contribution is 6.15. The number of nitrogens with one attached hydrogen (secondary N) is 1. The first kappa shape index (κ1) is 16.1. The normalized spacial score (nSPS) is 17.6. The van der Waals surface area contributed by atoms with Crippen LogP contribution >= 0.6 is 0 Å². The second-order valence-electron chi connectivity index (χ2n) is 6.68. The first-order valence-electron chi connectivity index (χ1n) is 7.13. The third kappa shape index (κ3) is 3.47. The first-order chi connectivity index (χ1) is 10.1. The summed E-state index contributed by atoms with van der Waals surface area (Å²) in [7, 11) is 0. The van der Waals surface area contributed by atoms with E-state index in [2.05, 4.69) is 26.1 Å². The fourth-order valence-electron chi connectivity index (χ4n) is 2.19. The van der Waals surface area contributed by atoms with Crippen LogP contribution in [0, 0.1) is 0 Å². The topological polar surface area (TPSA) is 64.6 Å². The molecule has 0 saturated carbocycles. The molecule has 0 aromatic heterocycles. The summed E-state index contributed by atoms with van der Waals surface area (Å²) in [6, 6.07) is 7.73. The summed E-state index contributed by atoms with van der Waals surface area (Å²) < 4.78 is 10.1. The summed E-state index contributed by atoms with van der Waals surface area (Å²) in [6.45, 7) is 9.30. The number of cyclic esters (lactones) is 2. The standard InChI is InChI=1S/C17H21NO4/c1-16(2,3)12-8-6-7-9-13(12)18-10-11-14(19)21-17(4,5)22-15(11)20/h6-10,18H,1-5H3. The number of rotatable bonds is 2. The molecule has 5 heteroatoms. The van der Waals surface area contributed by atoms with Crippen LogP contribution in [0.25, 0.3) is 0 Å². The van der Waals surface area contributed by atoms with Crippen molar-refractivity contribution in [3.63, 3.8) is 0 Å². The Balaban J connectivity index is 2.26. The minimum atomic E-state index is -1.23. The minimum absolute atomic E-state index is 0.0718. The molecule has 1 heterocycles. The Hall–Kier alpha value is -2.30. The van der Waals surface area contributed by atoms with Gasteiger partial charge in [0.1, 0.15) is 0 Å². The van der Waals surface area contributed by atoms with Gasteiger partial charge in [0.05, 0.1) is 0 Å². The summed E-state index contributed by atoms with van der Waals surface area (Å²) in [6.07, 6.45) is 1.34. The summed E-state index contributed by atoms with van der Waals surface area (Å²) in [4.78, 5) is 23.8. The first-order valence-corrected chi connectivity index (χ1v) is 7.13. The van der Waals surface area contributed by atoms with Crippen LogP contribution in [0.5, 0.6) is 0 Å². The monoisotopic (exact) mass is 303 g/mol. The predicted octanol–water partition coefficient (Wildman–Crippen LogP) is 3.12. The number of carbonyl (C=O) groups is 2. The zero-order valence-electron chi connectivity index (χ0n) is 13.5. The van der Waals surface area contributed by atoms with Crippen molar-refractivity contribution in [3.8, 4) is 0 Å². The molecule has 0 unspecified atom stereocenters. The average molecular weight is 303 g/mol. The maximum absolute atomic E-state index is 11.9. The van der Waals surface area contributed by atoms with Crippen molar-refractivity contribution >= 4 is 17.6 Å². The van der Waals surface area contributed by atoms with Gasteiger partial charge in [0.25, 0.3) is 5.79 Å². The smallest absolute Gasteiger partial charge is 0.350 e. The Morgan fingerprint density at radius 1 is 1.05 bits per heavy atom. The molecule has 0 aliphatic carbocycles. The molecule has 0 bridgehead atoms. The SMILES string of the molecule is CC1(C)OC(=O)C(=CNc2ccccc2C(C)(C)C)C(=O)O1. The molecular formula is C17H21NO4. The highest BCUT2D eigenvalue weighted by atomic mass is 16.7. The lowest BCUT2D eigenvalue weighted by Gasteiger charge is -2.30. The van der Waals surface area contributed by atoms with Crippen molar-refractivity contribution in [2.75, 3.05) is 5.32 Å². The van der Waals surface area contributed by atoms with Crippen LogP contribution in [0.1, 0.15) is 40.2 Å². The molecule has 1 N–H and O–H groups in total. The van der Waals surface area contributed by atoms with Gasteiger partial charge in [-0.3, -0.25) is 0 Å². The third-order valence-corrected chi connectivity index (χ3v) is 3.22. The minimum Gasteiger partial charge on any atom is -0.419 e. The Morgan fingerprint density at radius 3 is 2.14 bits per heavy atom. The van der Waals surface area contributed by atoms with Crippen LogP contribution in [0.15, 0.2) is 36.0 Å². The van der Waals surface area contributed by atoms with Crippen molar-refractivity contribution in [1.29, 1.82) is 0 Å². The fraction of sp³-hybridized carbons (Fsp3) is 0.412. The van der Waals surface area contributed by atoms with E-state index in [0.717, 1.165) is 11.3 Å². The highest BCUT2D eigenvalue weighted by Gasteiger charge is 2.39. The maximum Gasteiger partial charge on any atom is 0.350 e. The van der Waals surface area contributed by atoms with E-state index >= 15 is 0 Å². The Kier molecular flexibility index (Phi) is 4.00. The lowest BCUT2D eigenvalue weighted by atomic mass is 9.86. The van der Waals surface area contributed by atoms with Crippen molar-refractivity contribution in [2.45, 2.75) is 45.8 Å². The van der Waals surface area contributed by atoms with Crippen molar-refractivity contribution < 1.29 is 19.1 Å². The van der Waals surface area contributed by atoms with Gasteiger partial charge in [-0.15, -0.1) is 0 Å². The van der Waals surface area contributed by atoms with E-state index in [4.69, 9.17) is 9.47 Å². The molecule has 1 aliphatic rings. The Morgan fingerprint density at radius 2 is 1.59 bits per heavy atom. The van der Waals surface area contributed by atoms with Crippen molar-refractivity contribution in [2.24, 2.45) is 0 Å². The van der Waals surface area contributed by atoms with E-state index in [1.165, 1.54) is 20.0 Å². The van der Waals surface area contributed by atoms with Gasteiger partial charge in [-0.05, 0) is 17.0 Å². The summed E-state index contributed by atoms with van der Waals surface area (Å²) in [5, 5.41) is 3.01. The average Bonchev–Trinajstić information content (AvgIpc) is 2.35.